The summed E-state index contributed by atoms with van der Waals surface area (Å²) >= 11 is 1.66. The lowest BCUT2D eigenvalue weighted by molar-refractivity contribution is -0.133. The summed E-state index contributed by atoms with van der Waals surface area (Å²) in [6.45, 7) is 3.47. The first-order valence-corrected chi connectivity index (χ1v) is 8.64. The fourth-order valence-corrected chi connectivity index (χ4v) is 3.81. The molecular weight excluding hydrogens is 296 g/mol. The number of thioether (sulfide) groups is 1. The second-order valence-electron chi connectivity index (χ2n) is 5.62. The predicted octanol–water partition coefficient (Wildman–Crippen LogP) is 3.41. The molecule has 1 aliphatic rings. The van der Waals surface area contributed by atoms with E-state index in [0.29, 0.717) is 12.3 Å². The van der Waals surface area contributed by atoms with Crippen LogP contribution in [0.25, 0.3) is 0 Å². The molecule has 3 rings (SSSR count). The molecule has 5 heteroatoms. The quantitative estimate of drug-likeness (QED) is 0.848. The zero-order chi connectivity index (χ0) is 15.4. The number of carbonyl (C=O) groups excluding carboxylic acids is 1. The lowest BCUT2D eigenvalue weighted by Crippen LogP contribution is -2.42. The molecular formula is C17H20N2O2S. The van der Waals surface area contributed by atoms with Crippen molar-refractivity contribution in [3.8, 4) is 0 Å². The third-order valence-electron chi connectivity index (χ3n) is 3.80. The average molecular weight is 316 g/mol. The van der Waals surface area contributed by atoms with Gasteiger partial charge >= 0.3 is 0 Å². The highest BCUT2D eigenvalue weighted by Gasteiger charge is 2.29. The standard InChI is InChI=1S/C17H20N2O2S/c1-13-10-15(21-18-13)12-22-16-8-5-9-19(17(16)20)11-14-6-3-2-4-7-14/h2-4,6-7,10,16H,5,8-9,11-12H2,1H3/t16-/m1/s1. The van der Waals surface area contributed by atoms with Crippen molar-refractivity contribution in [3.05, 3.63) is 53.4 Å². The molecule has 1 aliphatic heterocycles. The maximum atomic E-state index is 12.6. The molecule has 22 heavy (non-hydrogen) atoms. The predicted molar refractivity (Wildman–Crippen MR) is 87.4 cm³/mol. The molecule has 2 heterocycles. The van der Waals surface area contributed by atoms with Gasteiger partial charge in [0, 0.05) is 19.2 Å². The largest absolute Gasteiger partial charge is 0.360 e. The maximum Gasteiger partial charge on any atom is 0.236 e. The maximum absolute atomic E-state index is 12.6. The van der Waals surface area contributed by atoms with Crippen LogP contribution in [0.1, 0.15) is 29.9 Å². The second kappa shape index (κ2) is 7.01. The van der Waals surface area contributed by atoms with Gasteiger partial charge in [-0.05, 0) is 25.3 Å². The van der Waals surface area contributed by atoms with Gasteiger partial charge in [0.2, 0.25) is 5.91 Å². The molecule has 1 aromatic heterocycles. The smallest absolute Gasteiger partial charge is 0.236 e. The van der Waals surface area contributed by atoms with Crippen molar-refractivity contribution < 1.29 is 9.32 Å². The van der Waals surface area contributed by atoms with Crippen molar-refractivity contribution in [1.82, 2.24) is 10.1 Å². The molecule has 0 saturated carbocycles. The van der Waals surface area contributed by atoms with Crippen LogP contribution in [0.3, 0.4) is 0 Å². The van der Waals surface area contributed by atoms with Crippen molar-refractivity contribution in [2.24, 2.45) is 0 Å². The lowest BCUT2D eigenvalue weighted by Gasteiger charge is -2.32. The van der Waals surface area contributed by atoms with E-state index in [-0.39, 0.29) is 11.2 Å². The zero-order valence-corrected chi connectivity index (χ0v) is 13.5. The monoisotopic (exact) mass is 316 g/mol. The molecule has 2 aromatic rings. The molecule has 1 amide bonds. The van der Waals surface area contributed by atoms with Crippen LogP contribution < -0.4 is 0 Å². The molecule has 4 nitrogen and oxygen atoms in total. The van der Waals surface area contributed by atoms with Gasteiger partial charge in [0.05, 0.1) is 16.7 Å². The molecule has 1 aromatic carbocycles. The van der Waals surface area contributed by atoms with Crippen LogP contribution in [0.4, 0.5) is 0 Å². The Morgan fingerprint density at radius 1 is 1.36 bits per heavy atom. The van der Waals surface area contributed by atoms with Gasteiger partial charge in [-0.2, -0.15) is 0 Å². The molecule has 0 N–H and O–H groups in total. The van der Waals surface area contributed by atoms with Gasteiger partial charge in [0.1, 0.15) is 5.76 Å². The molecule has 1 saturated heterocycles. The number of aryl methyl sites for hydroxylation is 1. The van der Waals surface area contributed by atoms with Gasteiger partial charge in [-0.3, -0.25) is 4.79 Å². The Balaban J connectivity index is 1.57. The van der Waals surface area contributed by atoms with Crippen LogP contribution >= 0.6 is 11.8 Å². The minimum absolute atomic E-state index is 0.0304. The van der Waals surface area contributed by atoms with E-state index < -0.39 is 0 Å². The Bertz CT molecular complexity index is 627. The number of nitrogens with zero attached hydrogens (tertiary/aromatic N) is 2. The van der Waals surface area contributed by atoms with Gasteiger partial charge < -0.3 is 9.42 Å². The van der Waals surface area contributed by atoms with Crippen molar-refractivity contribution in [1.29, 1.82) is 0 Å². The number of piperidine rings is 1. The van der Waals surface area contributed by atoms with E-state index >= 15 is 0 Å². The van der Waals surface area contributed by atoms with Crippen molar-refractivity contribution in [3.63, 3.8) is 0 Å². The lowest BCUT2D eigenvalue weighted by atomic mass is 10.1. The van der Waals surface area contributed by atoms with Crippen LogP contribution in [0.5, 0.6) is 0 Å². The first-order chi connectivity index (χ1) is 10.7. The van der Waals surface area contributed by atoms with Crippen LogP contribution in [-0.4, -0.2) is 27.8 Å². The van der Waals surface area contributed by atoms with Gasteiger partial charge in [-0.25, -0.2) is 0 Å². The SMILES string of the molecule is Cc1cc(CS[C@@H]2CCCN(Cc3ccccc3)C2=O)on1. The van der Waals surface area contributed by atoms with Crippen LogP contribution in [-0.2, 0) is 17.1 Å². The van der Waals surface area contributed by atoms with Gasteiger partial charge in [0.25, 0.3) is 0 Å². The summed E-state index contributed by atoms with van der Waals surface area (Å²) < 4.78 is 5.22. The highest BCUT2D eigenvalue weighted by Crippen LogP contribution is 2.27. The van der Waals surface area contributed by atoms with E-state index in [1.165, 1.54) is 5.56 Å². The van der Waals surface area contributed by atoms with E-state index in [4.69, 9.17) is 4.52 Å². The molecule has 0 unspecified atom stereocenters. The number of hydrogen-bond donors (Lipinski definition) is 0. The summed E-state index contributed by atoms with van der Waals surface area (Å²) in [6.07, 6.45) is 2.01. The topological polar surface area (TPSA) is 46.3 Å². The van der Waals surface area contributed by atoms with Gasteiger partial charge in [-0.15, -0.1) is 11.8 Å². The zero-order valence-electron chi connectivity index (χ0n) is 12.7. The summed E-state index contributed by atoms with van der Waals surface area (Å²) in [5.41, 5.74) is 2.07. The van der Waals surface area contributed by atoms with Crippen LogP contribution in [0.2, 0.25) is 0 Å². The Hall–Kier alpha value is -1.75. The molecule has 1 fully saturated rings. The summed E-state index contributed by atoms with van der Waals surface area (Å²) in [6, 6.07) is 12.1. The van der Waals surface area contributed by atoms with Crippen LogP contribution in [0.15, 0.2) is 40.9 Å². The molecule has 0 aliphatic carbocycles. The number of amides is 1. The number of aromatic nitrogens is 1. The van der Waals surface area contributed by atoms with Crippen LogP contribution in [0, 0.1) is 6.92 Å². The first-order valence-electron chi connectivity index (χ1n) is 7.59. The second-order valence-corrected chi connectivity index (χ2v) is 6.81. The fraction of sp³-hybridized carbons (Fsp3) is 0.412. The average Bonchev–Trinajstić information content (AvgIpc) is 2.95. The minimum Gasteiger partial charge on any atom is -0.360 e. The van der Waals surface area contributed by atoms with Gasteiger partial charge in [0.15, 0.2) is 0 Å². The fourth-order valence-electron chi connectivity index (χ4n) is 2.69. The highest BCUT2D eigenvalue weighted by molar-refractivity contribution is 7.99. The number of carbonyl (C=O) groups is 1. The summed E-state index contributed by atoms with van der Waals surface area (Å²) in [5.74, 6) is 1.79. The highest BCUT2D eigenvalue weighted by atomic mass is 32.2. The molecule has 0 spiro atoms. The molecule has 116 valence electrons. The van der Waals surface area contributed by atoms with E-state index in [0.717, 1.165) is 30.8 Å². The number of benzene rings is 1. The van der Waals surface area contributed by atoms with Crippen molar-refractivity contribution in [2.45, 2.75) is 37.3 Å². The normalized spacial score (nSPS) is 18.7. The van der Waals surface area contributed by atoms with E-state index in [1.54, 1.807) is 11.8 Å². The van der Waals surface area contributed by atoms with E-state index in [9.17, 15) is 4.79 Å². The molecule has 0 radical (unpaired) electrons. The summed E-state index contributed by atoms with van der Waals surface area (Å²) in [7, 11) is 0. The third-order valence-corrected chi connectivity index (χ3v) is 5.09. The Morgan fingerprint density at radius 3 is 2.91 bits per heavy atom. The molecule has 0 bridgehead atoms. The van der Waals surface area contributed by atoms with Crippen molar-refractivity contribution >= 4 is 17.7 Å². The number of hydrogen-bond acceptors (Lipinski definition) is 4. The number of likely N-dealkylation sites (tertiary alicyclic amines) is 1. The Labute approximate surface area is 134 Å². The summed E-state index contributed by atoms with van der Waals surface area (Å²) in [5, 5.41) is 3.92. The minimum atomic E-state index is 0.0304. The molecule has 1 atom stereocenters. The first kappa shape index (κ1) is 15.2. The summed E-state index contributed by atoms with van der Waals surface area (Å²) in [4.78, 5) is 14.6. The van der Waals surface area contributed by atoms with Crippen molar-refractivity contribution in [2.75, 3.05) is 6.54 Å². The van der Waals surface area contributed by atoms with Gasteiger partial charge in [-0.1, -0.05) is 35.5 Å². The van der Waals surface area contributed by atoms with E-state index in [1.807, 2.05) is 36.1 Å². The number of rotatable bonds is 5. The Kier molecular flexibility index (Phi) is 4.83. The Morgan fingerprint density at radius 2 is 2.18 bits per heavy atom. The third kappa shape index (κ3) is 3.71. The van der Waals surface area contributed by atoms with E-state index in [2.05, 4.69) is 17.3 Å².